The van der Waals surface area contributed by atoms with E-state index in [1.165, 1.54) is 6.07 Å². The molecule has 2 aliphatic rings. The van der Waals surface area contributed by atoms with Crippen LogP contribution in [0.3, 0.4) is 0 Å². The highest BCUT2D eigenvalue weighted by molar-refractivity contribution is 7.94. The van der Waals surface area contributed by atoms with E-state index < -0.39 is 32.9 Å². The lowest BCUT2D eigenvalue weighted by atomic mass is 9.75. The van der Waals surface area contributed by atoms with Crippen molar-refractivity contribution in [2.75, 3.05) is 4.90 Å². The molecule has 4 aromatic carbocycles. The quantitative estimate of drug-likeness (QED) is 0.0106. The Hall–Kier alpha value is -5.35. The maximum Gasteiger partial charge on any atom is 0.303 e. The summed E-state index contributed by atoms with van der Waals surface area (Å²) in [5.41, 5.74) is 6.69. The van der Waals surface area contributed by atoms with Crippen LogP contribution in [0.5, 0.6) is 0 Å². The number of unbranched alkanes of at least 4 members (excludes halogenated alkanes) is 4. The summed E-state index contributed by atoms with van der Waals surface area (Å²) >= 11 is 0.900. The van der Waals surface area contributed by atoms with Gasteiger partial charge in [-0.05, 0) is 87.1 Å². The molecule has 14 heteroatoms. The monoisotopic (exact) mass is 895 g/mol. The summed E-state index contributed by atoms with van der Waals surface area (Å²) in [6, 6.07) is 30.9. The lowest BCUT2D eigenvalue weighted by molar-refractivity contribution is -0.455. The summed E-state index contributed by atoms with van der Waals surface area (Å²) < 4.78 is 42.0. The van der Waals surface area contributed by atoms with Crippen molar-refractivity contribution < 1.29 is 52.0 Å². The van der Waals surface area contributed by atoms with Crippen LogP contribution in [0.2, 0.25) is 0 Å². The number of aliphatic carboxylic acids is 2. The Bertz CT molecular complexity index is 2490. The number of fused-ring (bicyclic) bond motifs is 2. The summed E-state index contributed by atoms with van der Waals surface area (Å²) in [6.45, 7) is 5.39. The van der Waals surface area contributed by atoms with Crippen LogP contribution in [0.4, 0.5) is 11.4 Å². The lowest BCUT2D eigenvalue weighted by Crippen LogP contribution is -2.31. The fourth-order valence-electron chi connectivity index (χ4n) is 8.95. The van der Waals surface area contributed by atoms with Gasteiger partial charge < -0.3 is 15.1 Å². The Labute approximate surface area is 373 Å². The summed E-state index contributed by atoms with van der Waals surface area (Å²) in [6.07, 6.45) is 15.7. The zero-order valence-electron chi connectivity index (χ0n) is 35.6. The third-order valence-corrected chi connectivity index (χ3v) is 13.5. The van der Waals surface area contributed by atoms with Gasteiger partial charge in [-0.3, -0.25) is 14.1 Å². The lowest BCUT2D eigenvalue weighted by Gasteiger charge is -2.30. The van der Waals surface area contributed by atoms with Crippen LogP contribution in [0, 0.1) is 0 Å². The SMILES string of the molecule is CC1(CCCCCC(=O)O)C(C=CC=CC=C2N(Cc3ccccc3)c3ccc(SOOO)cc3[C@@]2(C)CCCCCC(=O)O)=[N+](Cc2ccccc2)c2ccc(S(=O)(=O)O)cc21. The maximum absolute atomic E-state index is 12.4. The van der Waals surface area contributed by atoms with Crippen molar-refractivity contribution in [3.05, 3.63) is 155 Å². The minimum Gasteiger partial charge on any atom is -0.481 e. The molecule has 4 N–H and O–H groups in total. The Morgan fingerprint density at radius 3 is 2.00 bits per heavy atom. The third kappa shape index (κ3) is 11.6. The highest BCUT2D eigenvalue weighted by Crippen LogP contribution is 2.52. The molecule has 12 nitrogen and oxygen atoms in total. The van der Waals surface area contributed by atoms with Crippen molar-refractivity contribution in [2.45, 2.75) is 112 Å². The van der Waals surface area contributed by atoms with E-state index >= 15 is 0 Å². The predicted molar refractivity (Wildman–Crippen MR) is 244 cm³/mol. The molecular weight excluding hydrogens is 841 g/mol. The largest absolute Gasteiger partial charge is 0.481 e. The van der Waals surface area contributed by atoms with Crippen molar-refractivity contribution >= 4 is 51.2 Å². The first-order chi connectivity index (χ1) is 30.2. The zero-order chi connectivity index (χ0) is 45.0. The predicted octanol–water partition coefficient (Wildman–Crippen LogP) is 11.0. The first-order valence-electron chi connectivity index (χ1n) is 21.2. The van der Waals surface area contributed by atoms with E-state index in [0.29, 0.717) is 45.2 Å². The molecular formula is C49H55N2O10S2+. The summed E-state index contributed by atoms with van der Waals surface area (Å²) in [4.78, 5) is 25.5. The summed E-state index contributed by atoms with van der Waals surface area (Å²) in [5.74, 6) is -1.65. The van der Waals surface area contributed by atoms with Crippen molar-refractivity contribution in [1.82, 2.24) is 0 Å². The smallest absolute Gasteiger partial charge is 0.303 e. The van der Waals surface area contributed by atoms with Crippen LogP contribution < -0.4 is 4.90 Å². The maximum atomic E-state index is 12.4. The highest BCUT2D eigenvalue weighted by atomic mass is 32.2. The Morgan fingerprint density at radius 1 is 0.746 bits per heavy atom. The van der Waals surface area contributed by atoms with Gasteiger partial charge >= 0.3 is 11.9 Å². The average molecular weight is 896 g/mol. The van der Waals surface area contributed by atoms with Crippen LogP contribution in [0.1, 0.15) is 100 Å². The molecule has 2 heterocycles. The fourth-order valence-corrected chi connectivity index (χ4v) is 9.85. The number of nitrogens with zero attached hydrogens (tertiary/aromatic N) is 2. The number of carboxylic acid groups (broad SMARTS) is 2. The molecule has 0 spiro atoms. The van der Waals surface area contributed by atoms with E-state index in [4.69, 9.17) is 9.59 Å². The number of carbonyl (C=O) groups is 2. The van der Waals surface area contributed by atoms with Crippen molar-refractivity contribution in [1.29, 1.82) is 0 Å². The number of hydrogen-bond acceptors (Lipinski definition) is 9. The van der Waals surface area contributed by atoms with Gasteiger partial charge in [0.15, 0.2) is 12.3 Å². The molecule has 2 aliphatic heterocycles. The van der Waals surface area contributed by atoms with Gasteiger partial charge in [0, 0.05) is 64.4 Å². The molecule has 4 aromatic rings. The molecule has 0 saturated heterocycles. The standard InChI is InChI=1S/C49H54N2O10S2/c1-48(30-16-6-14-24-46(52)53)40-32-38(62-61-60-56)26-28-42(40)50(34-36-18-8-3-9-19-36)44(48)22-12-5-13-23-45-49(2,31-17-7-15-25-47(54)55)41-33-39(63(57,58)59)27-29-43(41)51(45)35-37-20-10-4-11-21-37/h3-5,8-13,18-23,26-29,32-33H,6-7,14-17,24-25,30-31,34-35H2,1-2H3,(H3-,52,53,54,55,56,57,58,59)/p+1/t48-,49?/m1/s1. The Morgan fingerprint density at radius 2 is 1.38 bits per heavy atom. The molecule has 0 aromatic heterocycles. The van der Waals surface area contributed by atoms with Crippen LogP contribution in [-0.2, 0) is 53.0 Å². The van der Waals surface area contributed by atoms with Crippen LogP contribution in [0.25, 0.3) is 0 Å². The van der Waals surface area contributed by atoms with E-state index in [-0.39, 0.29) is 17.7 Å². The minimum atomic E-state index is -4.49. The van der Waals surface area contributed by atoms with E-state index in [2.05, 4.69) is 52.6 Å². The van der Waals surface area contributed by atoms with E-state index in [0.717, 1.165) is 81.2 Å². The van der Waals surface area contributed by atoms with Gasteiger partial charge in [0.1, 0.15) is 0 Å². The number of benzene rings is 4. The van der Waals surface area contributed by atoms with Gasteiger partial charge in [0.05, 0.1) is 22.4 Å². The fraction of sp³-hybridized carbons (Fsp3) is 0.327. The molecule has 6 rings (SSSR count). The molecule has 0 bridgehead atoms. The molecule has 2 atom stereocenters. The zero-order valence-corrected chi connectivity index (χ0v) is 37.2. The Kier molecular flexibility index (Phi) is 16.0. The molecule has 0 aliphatic carbocycles. The molecule has 1 unspecified atom stereocenters. The van der Waals surface area contributed by atoms with Crippen molar-refractivity contribution in [3.63, 3.8) is 0 Å². The third-order valence-electron chi connectivity index (χ3n) is 12.1. The summed E-state index contributed by atoms with van der Waals surface area (Å²) in [5, 5.41) is 31.3. The number of rotatable bonds is 23. The topological polar surface area (TPSA) is 174 Å². The molecule has 0 radical (unpaired) electrons. The number of carboxylic acids is 2. The normalized spacial score (nSPS) is 19.1. The van der Waals surface area contributed by atoms with Crippen LogP contribution in [-0.4, -0.2) is 50.7 Å². The van der Waals surface area contributed by atoms with Crippen LogP contribution in [0.15, 0.2) is 143 Å². The van der Waals surface area contributed by atoms with Gasteiger partial charge in [0.2, 0.25) is 5.69 Å². The van der Waals surface area contributed by atoms with Gasteiger partial charge in [-0.25, -0.2) is 5.26 Å². The van der Waals surface area contributed by atoms with Crippen molar-refractivity contribution in [2.24, 2.45) is 0 Å². The second kappa shape index (κ2) is 21.3. The average Bonchev–Trinajstić information content (AvgIpc) is 3.62. The first kappa shape index (κ1) is 47.1. The van der Waals surface area contributed by atoms with Crippen LogP contribution >= 0.6 is 12.0 Å². The number of anilines is 1. The molecule has 0 amide bonds. The second-order valence-electron chi connectivity index (χ2n) is 16.5. The number of hydrogen-bond donors (Lipinski definition) is 4. The summed E-state index contributed by atoms with van der Waals surface area (Å²) in [7, 11) is -4.49. The van der Waals surface area contributed by atoms with Gasteiger partial charge in [-0.15, -0.1) is 4.33 Å². The van der Waals surface area contributed by atoms with Gasteiger partial charge in [0.25, 0.3) is 10.1 Å². The van der Waals surface area contributed by atoms with Gasteiger partial charge in [-0.2, -0.15) is 13.0 Å². The molecule has 332 valence electrons. The first-order valence-corrected chi connectivity index (χ1v) is 23.3. The van der Waals surface area contributed by atoms with E-state index in [9.17, 15) is 32.8 Å². The molecule has 0 saturated carbocycles. The van der Waals surface area contributed by atoms with E-state index in [1.807, 2.05) is 85.0 Å². The molecule has 63 heavy (non-hydrogen) atoms. The highest BCUT2D eigenvalue weighted by Gasteiger charge is 2.48. The minimum absolute atomic E-state index is 0.0714. The van der Waals surface area contributed by atoms with Gasteiger partial charge in [-0.1, -0.05) is 110 Å². The number of allylic oxidation sites excluding steroid dienone is 6. The Balaban J connectivity index is 1.41. The van der Waals surface area contributed by atoms with E-state index in [1.54, 1.807) is 12.1 Å². The molecule has 0 fully saturated rings. The second-order valence-corrected chi connectivity index (χ2v) is 18.7. The van der Waals surface area contributed by atoms with Crippen molar-refractivity contribution in [3.8, 4) is 0 Å².